The van der Waals surface area contributed by atoms with Crippen molar-refractivity contribution in [3.63, 3.8) is 0 Å². The predicted molar refractivity (Wildman–Crippen MR) is 43.0 cm³/mol. The van der Waals surface area contributed by atoms with Crippen molar-refractivity contribution in [3.05, 3.63) is 34.9 Å². The summed E-state index contributed by atoms with van der Waals surface area (Å²) in [5.41, 5.74) is 1.92. The van der Waals surface area contributed by atoms with Gasteiger partial charge in [-0.15, -0.1) is 0 Å². The van der Waals surface area contributed by atoms with Gasteiger partial charge in [0.15, 0.2) is 6.29 Å². The lowest BCUT2D eigenvalue weighted by atomic mass is 10.0. The van der Waals surface area contributed by atoms with Crippen LogP contribution in [0, 0.1) is 0 Å². The highest BCUT2D eigenvalue weighted by molar-refractivity contribution is 6.04. The van der Waals surface area contributed by atoms with Gasteiger partial charge in [-0.2, -0.15) is 0 Å². The van der Waals surface area contributed by atoms with Gasteiger partial charge in [0.2, 0.25) is 0 Å². The van der Waals surface area contributed by atoms with Crippen molar-refractivity contribution in [1.82, 2.24) is 5.32 Å². The molecule has 0 unspecified atom stereocenters. The first-order valence-corrected chi connectivity index (χ1v) is 3.68. The van der Waals surface area contributed by atoms with Crippen LogP contribution in [0.25, 0.3) is 0 Å². The number of amides is 1. The average Bonchev–Trinajstić information content (AvgIpc) is 2.48. The number of carbonyl (C=O) groups excluding carboxylic acids is 2. The number of hydrogen-bond acceptors (Lipinski definition) is 2. The van der Waals surface area contributed by atoms with Crippen LogP contribution in [0.2, 0.25) is 0 Å². The Balaban J connectivity index is 2.68. The van der Waals surface area contributed by atoms with Crippen LogP contribution in [0.4, 0.5) is 0 Å². The minimum atomic E-state index is -0.146. The van der Waals surface area contributed by atoms with E-state index in [1.54, 1.807) is 12.1 Å². The van der Waals surface area contributed by atoms with Crippen molar-refractivity contribution in [2.24, 2.45) is 0 Å². The molecule has 2 rings (SSSR count). The Hall–Kier alpha value is -1.64. The van der Waals surface area contributed by atoms with Gasteiger partial charge in [0.1, 0.15) is 0 Å². The summed E-state index contributed by atoms with van der Waals surface area (Å²) in [5.74, 6) is -0.146. The van der Waals surface area contributed by atoms with Gasteiger partial charge < -0.3 is 5.32 Å². The van der Waals surface area contributed by atoms with E-state index in [1.807, 2.05) is 6.07 Å². The molecular weight excluding hydrogens is 154 g/mol. The Morgan fingerprint density at radius 1 is 1.42 bits per heavy atom. The highest BCUT2D eigenvalue weighted by Gasteiger charge is 2.21. The Kier molecular flexibility index (Phi) is 1.43. The van der Waals surface area contributed by atoms with Crippen LogP contribution in [0.1, 0.15) is 26.3 Å². The van der Waals surface area contributed by atoms with E-state index in [4.69, 9.17) is 0 Å². The number of carbonyl (C=O) groups is 2. The van der Waals surface area contributed by atoms with E-state index in [2.05, 4.69) is 5.32 Å². The third kappa shape index (κ3) is 0.830. The number of aldehydes is 1. The fourth-order valence-electron chi connectivity index (χ4n) is 1.41. The zero-order valence-corrected chi connectivity index (χ0v) is 6.33. The van der Waals surface area contributed by atoms with Gasteiger partial charge in [-0.05, 0) is 5.56 Å². The second-order valence-corrected chi connectivity index (χ2v) is 2.68. The van der Waals surface area contributed by atoms with Crippen LogP contribution in [-0.4, -0.2) is 12.2 Å². The van der Waals surface area contributed by atoms with E-state index < -0.39 is 0 Å². The zero-order valence-electron chi connectivity index (χ0n) is 6.33. The number of rotatable bonds is 1. The lowest BCUT2D eigenvalue weighted by molar-refractivity contribution is 0.0960. The summed E-state index contributed by atoms with van der Waals surface area (Å²) in [7, 11) is 0. The van der Waals surface area contributed by atoms with Crippen molar-refractivity contribution < 1.29 is 9.59 Å². The molecule has 0 bridgehead atoms. The van der Waals surface area contributed by atoms with Crippen LogP contribution in [0.5, 0.6) is 0 Å². The molecule has 0 aromatic heterocycles. The lowest BCUT2D eigenvalue weighted by Gasteiger charge is -1.96. The fraction of sp³-hybridized carbons (Fsp3) is 0.111. The molecule has 0 saturated heterocycles. The van der Waals surface area contributed by atoms with E-state index in [0.717, 1.165) is 5.56 Å². The SMILES string of the molecule is O=Cc1cccc2c1C(=O)NC2. The van der Waals surface area contributed by atoms with Crippen molar-refractivity contribution in [2.45, 2.75) is 6.54 Å². The largest absolute Gasteiger partial charge is 0.348 e. The molecule has 1 aliphatic heterocycles. The quantitative estimate of drug-likeness (QED) is 0.617. The van der Waals surface area contributed by atoms with Crippen molar-refractivity contribution >= 4 is 12.2 Å². The van der Waals surface area contributed by atoms with Gasteiger partial charge >= 0.3 is 0 Å². The molecule has 3 heteroatoms. The molecule has 0 radical (unpaired) electrons. The number of fused-ring (bicyclic) bond motifs is 1. The van der Waals surface area contributed by atoms with E-state index in [-0.39, 0.29) is 5.91 Å². The molecule has 0 saturated carbocycles. The van der Waals surface area contributed by atoms with E-state index in [1.165, 1.54) is 0 Å². The number of benzene rings is 1. The topological polar surface area (TPSA) is 46.2 Å². The molecule has 1 aromatic carbocycles. The van der Waals surface area contributed by atoms with Crippen molar-refractivity contribution in [3.8, 4) is 0 Å². The van der Waals surface area contributed by atoms with Gasteiger partial charge in [-0.1, -0.05) is 18.2 Å². The van der Waals surface area contributed by atoms with Crippen LogP contribution in [0.15, 0.2) is 18.2 Å². The van der Waals surface area contributed by atoms with Gasteiger partial charge in [-0.3, -0.25) is 9.59 Å². The highest BCUT2D eigenvalue weighted by atomic mass is 16.2. The Morgan fingerprint density at radius 2 is 2.25 bits per heavy atom. The molecule has 1 amide bonds. The first-order valence-electron chi connectivity index (χ1n) is 3.68. The second kappa shape index (κ2) is 2.44. The molecule has 1 N–H and O–H groups in total. The molecule has 0 atom stereocenters. The van der Waals surface area contributed by atoms with Crippen LogP contribution in [-0.2, 0) is 6.54 Å². The van der Waals surface area contributed by atoms with Gasteiger partial charge in [0.05, 0.1) is 5.56 Å². The van der Waals surface area contributed by atoms with Crippen LogP contribution < -0.4 is 5.32 Å². The normalized spacial score (nSPS) is 13.8. The molecule has 0 fully saturated rings. The maximum absolute atomic E-state index is 11.2. The first kappa shape index (κ1) is 7.03. The lowest BCUT2D eigenvalue weighted by Crippen LogP contribution is -2.13. The standard InChI is InChI=1S/C9H7NO2/c11-5-7-3-1-2-6-4-10-9(12)8(6)7/h1-3,5H,4H2,(H,10,12). The summed E-state index contributed by atoms with van der Waals surface area (Å²) >= 11 is 0. The average molecular weight is 161 g/mol. The summed E-state index contributed by atoms with van der Waals surface area (Å²) in [5, 5.41) is 2.66. The van der Waals surface area contributed by atoms with Crippen molar-refractivity contribution in [1.29, 1.82) is 0 Å². The molecule has 0 spiro atoms. The molecule has 3 nitrogen and oxygen atoms in total. The highest BCUT2D eigenvalue weighted by Crippen LogP contribution is 2.17. The molecule has 1 heterocycles. The summed E-state index contributed by atoms with van der Waals surface area (Å²) in [6.45, 7) is 0.538. The number of hydrogen-bond donors (Lipinski definition) is 1. The minimum Gasteiger partial charge on any atom is -0.348 e. The van der Waals surface area contributed by atoms with E-state index in [9.17, 15) is 9.59 Å². The first-order chi connectivity index (χ1) is 5.83. The van der Waals surface area contributed by atoms with Gasteiger partial charge in [-0.25, -0.2) is 0 Å². The predicted octanol–water partition coefficient (Wildman–Crippen LogP) is 0.742. The Labute approximate surface area is 69.4 Å². The van der Waals surface area contributed by atoms with E-state index >= 15 is 0 Å². The maximum Gasteiger partial charge on any atom is 0.252 e. The Morgan fingerprint density at radius 3 is 3.00 bits per heavy atom. The van der Waals surface area contributed by atoms with E-state index in [0.29, 0.717) is 24.0 Å². The monoisotopic (exact) mass is 161 g/mol. The molecule has 60 valence electrons. The third-order valence-electron chi connectivity index (χ3n) is 1.98. The molecular formula is C9H7NO2. The van der Waals surface area contributed by atoms with Crippen molar-refractivity contribution in [2.75, 3.05) is 0 Å². The minimum absolute atomic E-state index is 0.146. The smallest absolute Gasteiger partial charge is 0.252 e. The summed E-state index contributed by atoms with van der Waals surface area (Å²) in [6.07, 6.45) is 0.712. The molecule has 0 aliphatic carbocycles. The van der Waals surface area contributed by atoms with Gasteiger partial charge in [0.25, 0.3) is 5.91 Å². The summed E-state index contributed by atoms with van der Waals surface area (Å²) in [6, 6.07) is 5.28. The second-order valence-electron chi connectivity index (χ2n) is 2.68. The molecule has 1 aliphatic rings. The summed E-state index contributed by atoms with van der Waals surface area (Å²) in [4.78, 5) is 21.7. The van der Waals surface area contributed by atoms with Crippen LogP contribution >= 0.6 is 0 Å². The maximum atomic E-state index is 11.2. The number of nitrogens with one attached hydrogen (secondary N) is 1. The zero-order chi connectivity index (χ0) is 8.55. The third-order valence-corrected chi connectivity index (χ3v) is 1.98. The molecule has 1 aromatic rings. The van der Waals surface area contributed by atoms with Crippen LogP contribution in [0.3, 0.4) is 0 Å². The Bertz CT molecular complexity index is 358. The molecule has 12 heavy (non-hydrogen) atoms. The fourth-order valence-corrected chi connectivity index (χ4v) is 1.41. The summed E-state index contributed by atoms with van der Waals surface area (Å²) < 4.78 is 0. The van der Waals surface area contributed by atoms with Gasteiger partial charge in [0, 0.05) is 12.1 Å².